The summed E-state index contributed by atoms with van der Waals surface area (Å²) in [5, 5.41) is 4.96. The molecule has 0 radical (unpaired) electrons. The summed E-state index contributed by atoms with van der Waals surface area (Å²) in [6.07, 6.45) is 1.07. The van der Waals surface area contributed by atoms with Crippen LogP contribution >= 0.6 is 31.9 Å². The van der Waals surface area contributed by atoms with Gasteiger partial charge in [0.2, 0.25) is 0 Å². The van der Waals surface area contributed by atoms with Crippen LogP contribution in [0.1, 0.15) is 22.9 Å². The van der Waals surface area contributed by atoms with Gasteiger partial charge < -0.3 is 10.3 Å². The van der Waals surface area contributed by atoms with Gasteiger partial charge in [-0.1, -0.05) is 44.0 Å². The van der Waals surface area contributed by atoms with Crippen LogP contribution in [0.25, 0.3) is 10.9 Å². The Morgan fingerprint density at radius 2 is 1.86 bits per heavy atom. The first-order valence-electron chi connectivity index (χ1n) is 7.01. The predicted molar refractivity (Wildman–Crippen MR) is 93.7 cm³/mol. The van der Waals surface area contributed by atoms with E-state index in [1.807, 2.05) is 0 Å². The lowest BCUT2D eigenvalue weighted by molar-refractivity contribution is 0.560. The Hall–Kier alpha value is -1.10. The van der Waals surface area contributed by atoms with Crippen molar-refractivity contribution in [1.82, 2.24) is 10.3 Å². The van der Waals surface area contributed by atoms with Gasteiger partial charge in [0.05, 0.1) is 6.04 Å². The molecule has 0 bridgehead atoms. The summed E-state index contributed by atoms with van der Waals surface area (Å²) in [4.78, 5) is 3.61. The molecule has 1 aromatic heterocycles. The minimum Gasteiger partial charge on any atom is -0.357 e. The fourth-order valence-electron chi connectivity index (χ4n) is 3.17. The fourth-order valence-corrected chi connectivity index (χ4v) is 3.95. The van der Waals surface area contributed by atoms with Gasteiger partial charge in [-0.25, -0.2) is 0 Å². The highest BCUT2D eigenvalue weighted by Crippen LogP contribution is 2.35. The van der Waals surface area contributed by atoms with Crippen LogP contribution in [0.3, 0.4) is 0 Å². The van der Waals surface area contributed by atoms with E-state index in [0.717, 1.165) is 21.9 Å². The van der Waals surface area contributed by atoms with Crippen LogP contribution in [0, 0.1) is 0 Å². The molecule has 0 spiro atoms. The second-order valence-electron chi connectivity index (χ2n) is 5.40. The predicted octanol–water partition coefficient (Wildman–Crippen LogP) is 4.93. The van der Waals surface area contributed by atoms with E-state index < -0.39 is 0 Å². The summed E-state index contributed by atoms with van der Waals surface area (Å²) in [6.45, 7) is 1.00. The molecule has 4 rings (SSSR count). The van der Waals surface area contributed by atoms with Gasteiger partial charge in [-0.15, -0.1) is 0 Å². The number of halogens is 2. The van der Waals surface area contributed by atoms with Crippen LogP contribution in [0.15, 0.2) is 51.4 Å². The summed E-state index contributed by atoms with van der Waals surface area (Å²) in [7, 11) is 0. The maximum atomic E-state index is 3.63. The molecule has 1 aliphatic heterocycles. The number of hydrogen-bond acceptors (Lipinski definition) is 1. The second-order valence-corrected chi connectivity index (χ2v) is 7.23. The van der Waals surface area contributed by atoms with Crippen molar-refractivity contribution in [2.75, 3.05) is 6.54 Å². The Kier molecular flexibility index (Phi) is 3.40. The number of nitrogens with one attached hydrogen (secondary N) is 2. The Bertz CT molecular complexity index is 823. The fraction of sp³-hybridized carbons (Fsp3) is 0.176. The largest absolute Gasteiger partial charge is 0.357 e. The standard InChI is InChI=1S/C17H14Br2N2/c18-11-3-1-2-10(8-11)16-17-13(6-7-20-16)14-9-12(19)4-5-15(14)21-17/h1-5,8-9,16,20-21H,6-7H2. The zero-order valence-corrected chi connectivity index (χ0v) is 14.5. The van der Waals surface area contributed by atoms with Crippen molar-refractivity contribution >= 4 is 42.8 Å². The number of hydrogen-bond donors (Lipinski definition) is 2. The third-order valence-electron chi connectivity index (χ3n) is 4.10. The molecule has 1 unspecified atom stereocenters. The van der Waals surface area contributed by atoms with E-state index in [2.05, 4.69) is 84.6 Å². The van der Waals surface area contributed by atoms with Gasteiger partial charge in [0.1, 0.15) is 0 Å². The molecule has 0 amide bonds. The molecule has 4 heteroatoms. The normalized spacial score (nSPS) is 17.9. The highest BCUT2D eigenvalue weighted by Gasteiger charge is 2.25. The van der Waals surface area contributed by atoms with Gasteiger partial charge in [-0.2, -0.15) is 0 Å². The number of fused-ring (bicyclic) bond motifs is 3. The number of benzene rings is 2. The van der Waals surface area contributed by atoms with Gasteiger partial charge in [0.25, 0.3) is 0 Å². The van der Waals surface area contributed by atoms with Crippen molar-refractivity contribution in [1.29, 1.82) is 0 Å². The molecule has 1 aliphatic rings. The van der Waals surface area contributed by atoms with Crippen molar-refractivity contribution in [3.63, 3.8) is 0 Å². The molecule has 2 aromatic carbocycles. The molecule has 2 N–H and O–H groups in total. The van der Waals surface area contributed by atoms with Gasteiger partial charge >= 0.3 is 0 Å². The monoisotopic (exact) mass is 404 g/mol. The molecule has 2 heterocycles. The Morgan fingerprint density at radius 1 is 1.00 bits per heavy atom. The van der Waals surface area contributed by atoms with Gasteiger partial charge in [0.15, 0.2) is 0 Å². The maximum absolute atomic E-state index is 3.63. The molecular formula is C17H14Br2N2. The zero-order chi connectivity index (χ0) is 14.4. The average Bonchev–Trinajstić information content (AvgIpc) is 2.85. The van der Waals surface area contributed by atoms with Crippen molar-refractivity contribution in [2.24, 2.45) is 0 Å². The molecular weight excluding hydrogens is 392 g/mol. The van der Waals surface area contributed by atoms with E-state index in [-0.39, 0.29) is 6.04 Å². The molecule has 0 fully saturated rings. The molecule has 21 heavy (non-hydrogen) atoms. The molecule has 3 aromatic rings. The first-order chi connectivity index (χ1) is 10.2. The smallest absolute Gasteiger partial charge is 0.0732 e. The number of H-pyrrole nitrogens is 1. The molecule has 0 aliphatic carbocycles. The Morgan fingerprint density at radius 3 is 2.71 bits per heavy atom. The van der Waals surface area contributed by atoms with Crippen LogP contribution < -0.4 is 5.32 Å². The third kappa shape index (κ3) is 2.35. The van der Waals surface area contributed by atoms with Crippen molar-refractivity contribution in [3.8, 4) is 0 Å². The minimum absolute atomic E-state index is 0.234. The van der Waals surface area contributed by atoms with Crippen LogP contribution in [0.4, 0.5) is 0 Å². The van der Waals surface area contributed by atoms with E-state index in [9.17, 15) is 0 Å². The number of rotatable bonds is 1. The first kappa shape index (κ1) is 13.6. The molecule has 106 valence electrons. The molecule has 1 atom stereocenters. The highest BCUT2D eigenvalue weighted by atomic mass is 79.9. The summed E-state index contributed by atoms with van der Waals surface area (Å²) in [6, 6.07) is 15.2. The summed E-state index contributed by atoms with van der Waals surface area (Å²) in [5.41, 5.74) is 5.24. The van der Waals surface area contributed by atoms with Gasteiger partial charge in [-0.05, 0) is 47.9 Å². The zero-order valence-electron chi connectivity index (χ0n) is 11.3. The Balaban J connectivity index is 1.90. The van der Waals surface area contributed by atoms with Crippen LogP contribution in [-0.4, -0.2) is 11.5 Å². The maximum Gasteiger partial charge on any atom is 0.0732 e. The van der Waals surface area contributed by atoms with Gasteiger partial charge in [-0.3, -0.25) is 0 Å². The van der Waals surface area contributed by atoms with Crippen LogP contribution in [-0.2, 0) is 6.42 Å². The lowest BCUT2D eigenvalue weighted by atomic mass is 9.94. The van der Waals surface area contributed by atoms with E-state index in [1.54, 1.807) is 0 Å². The lowest BCUT2D eigenvalue weighted by Crippen LogP contribution is -2.30. The summed E-state index contributed by atoms with van der Waals surface area (Å²) in [5.74, 6) is 0. The number of aromatic amines is 1. The lowest BCUT2D eigenvalue weighted by Gasteiger charge is -2.25. The van der Waals surface area contributed by atoms with Crippen molar-refractivity contribution in [2.45, 2.75) is 12.5 Å². The molecule has 0 saturated heterocycles. The summed E-state index contributed by atoms with van der Waals surface area (Å²) >= 11 is 7.15. The van der Waals surface area contributed by atoms with Crippen LogP contribution in [0.5, 0.6) is 0 Å². The van der Waals surface area contributed by atoms with E-state index in [4.69, 9.17) is 0 Å². The SMILES string of the molecule is Brc1cccc(C2NCCc3c2[nH]c2ccc(Br)cc32)c1. The number of aromatic nitrogens is 1. The van der Waals surface area contributed by atoms with Gasteiger partial charge in [0, 0.05) is 32.1 Å². The third-order valence-corrected chi connectivity index (χ3v) is 5.08. The van der Waals surface area contributed by atoms with E-state index in [0.29, 0.717) is 0 Å². The molecule has 0 saturated carbocycles. The van der Waals surface area contributed by atoms with E-state index in [1.165, 1.54) is 27.7 Å². The highest BCUT2D eigenvalue weighted by molar-refractivity contribution is 9.10. The topological polar surface area (TPSA) is 27.8 Å². The summed E-state index contributed by atoms with van der Waals surface area (Å²) < 4.78 is 2.25. The van der Waals surface area contributed by atoms with Crippen molar-refractivity contribution < 1.29 is 0 Å². The van der Waals surface area contributed by atoms with Crippen LogP contribution in [0.2, 0.25) is 0 Å². The minimum atomic E-state index is 0.234. The molecule has 2 nitrogen and oxygen atoms in total. The van der Waals surface area contributed by atoms with Crippen molar-refractivity contribution in [3.05, 3.63) is 68.2 Å². The average molecular weight is 406 g/mol. The second kappa shape index (κ2) is 5.27. The first-order valence-corrected chi connectivity index (χ1v) is 8.60. The van der Waals surface area contributed by atoms with E-state index >= 15 is 0 Å². The quantitative estimate of drug-likeness (QED) is 0.590. The Labute approximate surface area is 140 Å².